The molecule has 1 aromatic heterocycles. The molecule has 4 rings (SSSR count). The number of H-pyrrole nitrogens is 2. The van der Waals surface area contributed by atoms with Gasteiger partial charge in [0.2, 0.25) is 0 Å². The number of aromatic nitrogens is 2. The Labute approximate surface area is 162 Å². The van der Waals surface area contributed by atoms with Crippen molar-refractivity contribution in [1.29, 1.82) is 0 Å². The van der Waals surface area contributed by atoms with E-state index in [1.165, 1.54) is 0 Å². The first kappa shape index (κ1) is 18.7. The fourth-order valence-electron chi connectivity index (χ4n) is 4.05. The molecule has 4 atom stereocenters. The van der Waals surface area contributed by atoms with E-state index in [0.717, 1.165) is 17.5 Å². The minimum absolute atomic E-state index is 0.0507. The van der Waals surface area contributed by atoms with E-state index < -0.39 is 11.2 Å². The molecule has 1 saturated heterocycles. The minimum Gasteiger partial charge on any atom is -0.370 e. The Bertz CT molecular complexity index is 1070. The lowest BCUT2D eigenvalue weighted by molar-refractivity contribution is -0.0331. The molecular weight excluding hydrogens is 356 g/mol. The Hall–Kier alpha value is -2.70. The molecule has 1 aliphatic heterocycles. The van der Waals surface area contributed by atoms with Crippen LogP contribution in [0.15, 0.2) is 58.1 Å². The predicted octanol–water partition coefficient (Wildman–Crippen LogP) is 3.29. The lowest BCUT2D eigenvalue weighted by Gasteiger charge is -2.23. The SMILES string of the molecule is CC[C@H]1O[C@@H](c2cccc3c(=O)[nH]c(=O)[nH]c23)[C@H](OCc2ccccc2)[C@@H]1C. The Kier molecular flexibility index (Phi) is 5.15. The Balaban J connectivity index is 1.73. The van der Waals surface area contributed by atoms with Gasteiger partial charge >= 0.3 is 5.69 Å². The van der Waals surface area contributed by atoms with Gasteiger partial charge in [-0.15, -0.1) is 0 Å². The van der Waals surface area contributed by atoms with E-state index in [-0.39, 0.29) is 24.2 Å². The van der Waals surface area contributed by atoms with E-state index in [9.17, 15) is 9.59 Å². The topological polar surface area (TPSA) is 84.2 Å². The van der Waals surface area contributed by atoms with Gasteiger partial charge in [-0.25, -0.2) is 4.79 Å². The summed E-state index contributed by atoms with van der Waals surface area (Å²) in [6, 6.07) is 15.4. The summed E-state index contributed by atoms with van der Waals surface area (Å²) in [5.41, 5.74) is 1.46. The zero-order valence-electron chi connectivity index (χ0n) is 16.0. The highest BCUT2D eigenvalue weighted by molar-refractivity contribution is 5.81. The average molecular weight is 380 g/mol. The summed E-state index contributed by atoms with van der Waals surface area (Å²) in [5, 5.41) is 0.440. The molecule has 0 bridgehead atoms. The van der Waals surface area contributed by atoms with Crippen LogP contribution in [0.3, 0.4) is 0 Å². The van der Waals surface area contributed by atoms with Crippen molar-refractivity contribution < 1.29 is 9.47 Å². The molecule has 0 radical (unpaired) electrons. The van der Waals surface area contributed by atoms with Gasteiger partial charge in [-0.1, -0.05) is 56.3 Å². The third-order valence-corrected chi connectivity index (χ3v) is 5.53. The standard InChI is InChI=1S/C22H24N2O4/c1-3-17-13(2)19(27-12-14-8-5-4-6-9-14)20(28-17)15-10-7-11-16-18(15)23-22(26)24-21(16)25/h4-11,13,17,19-20H,3,12H2,1-2H3,(H2,23,24,25,26)/t13-,17-,19-,20+/m1/s1. The van der Waals surface area contributed by atoms with Crippen LogP contribution in [0.5, 0.6) is 0 Å². The smallest absolute Gasteiger partial charge is 0.326 e. The summed E-state index contributed by atoms with van der Waals surface area (Å²) in [4.78, 5) is 29.1. The Morgan fingerprint density at radius 3 is 2.57 bits per heavy atom. The van der Waals surface area contributed by atoms with Gasteiger partial charge < -0.3 is 14.5 Å². The van der Waals surface area contributed by atoms with Crippen LogP contribution in [0, 0.1) is 5.92 Å². The fraction of sp³-hybridized carbons (Fsp3) is 0.364. The van der Waals surface area contributed by atoms with E-state index in [1.807, 2.05) is 42.5 Å². The summed E-state index contributed by atoms with van der Waals surface area (Å²) in [7, 11) is 0. The van der Waals surface area contributed by atoms with Crippen molar-refractivity contribution in [3.05, 3.63) is 80.5 Å². The summed E-state index contributed by atoms with van der Waals surface area (Å²) in [5.74, 6) is 0.183. The van der Waals surface area contributed by atoms with Gasteiger partial charge in [0.25, 0.3) is 5.56 Å². The number of fused-ring (bicyclic) bond motifs is 1. The number of para-hydroxylation sites is 1. The van der Waals surface area contributed by atoms with Gasteiger partial charge in [0.1, 0.15) is 6.10 Å². The molecule has 6 nitrogen and oxygen atoms in total. The van der Waals surface area contributed by atoms with Gasteiger partial charge in [0.15, 0.2) is 0 Å². The van der Waals surface area contributed by atoms with E-state index in [4.69, 9.17) is 9.47 Å². The third kappa shape index (κ3) is 3.41. The van der Waals surface area contributed by atoms with Crippen LogP contribution in [0.25, 0.3) is 10.9 Å². The first-order chi connectivity index (χ1) is 13.6. The van der Waals surface area contributed by atoms with Gasteiger partial charge in [-0.2, -0.15) is 0 Å². The number of hydrogen-bond acceptors (Lipinski definition) is 4. The summed E-state index contributed by atoms with van der Waals surface area (Å²) >= 11 is 0. The molecule has 0 saturated carbocycles. The fourth-order valence-corrected chi connectivity index (χ4v) is 4.05. The molecule has 3 aromatic rings. The van der Waals surface area contributed by atoms with Crippen molar-refractivity contribution in [1.82, 2.24) is 9.97 Å². The highest BCUT2D eigenvalue weighted by atomic mass is 16.6. The van der Waals surface area contributed by atoms with Crippen molar-refractivity contribution in [2.45, 2.75) is 45.2 Å². The molecule has 2 aromatic carbocycles. The molecular formula is C22H24N2O4. The normalized spacial score (nSPS) is 24.6. The summed E-state index contributed by atoms with van der Waals surface area (Å²) in [6.07, 6.45) is 0.378. The Morgan fingerprint density at radius 2 is 1.82 bits per heavy atom. The van der Waals surface area contributed by atoms with Crippen molar-refractivity contribution >= 4 is 10.9 Å². The molecule has 0 unspecified atom stereocenters. The van der Waals surface area contributed by atoms with Crippen molar-refractivity contribution in [3.8, 4) is 0 Å². The van der Waals surface area contributed by atoms with Gasteiger partial charge in [0, 0.05) is 11.5 Å². The van der Waals surface area contributed by atoms with Crippen LogP contribution in [0.4, 0.5) is 0 Å². The number of ether oxygens (including phenoxy) is 2. The van der Waals surface area contributed by atoms with Gasteiger partial charge in [0.05, 0.1) is 29.7 Å². The van der Waals surface area contributed by atoms with Crippen LogP contribution in [0.2, 0.25) is 0 Å². The number of rotatable bonds is 5. The highest BCUT2D eigenvalue weighted by Crippen LogP contribution is 2.42. The zero-order valence-corrected chi connectivity index (χ0v) is 16.0. The quantitative estimate of drug-likeness (QED) is 0.711. The van der Waals surface area contributed by atoms with Crippen LogP contribution in [-0.4, -0.2) is 22.2 Å². The van der Waals surface area contributed by atoms with E-state index >= 15 is 0 Å². The maximum atomic E-state index is 12.2. The monoisotopic (exact) mass is 380 g/mol. The molecule has 146 valence electrons. The minimum atomic E-state index is -0.523. The molecule has 1 fully saturated rings. The predicted molar refractivity (Wildman–Crippen MR) is 107 cm³/mol. The van der Waals surface area contributed by atoms with Crippen molar-refractivity contribution in [2.75, 3.05) is 0 Å². The second-order valence-electron chi connectivity index (χ2n) is 7.30. The van der Waals surface area contributed by atoms with Crippen LogP contribution < -0.4 is 11.2 Å². The van der Waals surface area contributed by atoms with E-state index in [0.29, 0.717) is 17.5 Å². The highest BCUT2D eigenvalue weighted by Gasteiger charge is 2.43. The second-order valence-corrected chi connectivity index (χ2v) is 7.30. The Morgan fingerprint density at radius 1 is 1.04 bits per heavy atom. The molecule has 1 aliphatic rings. The van der Waals surface area contributed by atoms with Crippen LogP contribution in [-0.2, 0) is 16.1 Å². The molecule has 6 heteroatoms. The third-order valence-electron chi connectivity index (χ3n) is 5.53. The second kappa shape index (κ2) is 7.73. The van der Waals surface area contributed by atoms with Crippen LogP contribution >= 0.6 is 0 Å². The molecule has 0 spiro atoms. The molecule has 0 aliphatic carbocycles. The van der Waals surface area contributed by atoms with Gasteiger partial charge in [-0.3, -0.25) is 9.78 Å². The molecule has 2 heterocycles. The number of benzene rings is 2. The summed E-state index contributed by atoms with van der Waals surface area (Å²) < 4.78 is 12.6. The molecule has 0 amide bonds. The number of aromatic amines is 2. The zero-order chi connectivity index (χ0) is 19.7. The average Bonchev–Trinajstić information content (AvgIpc) is 3.02. The lowest BCUT2D eigenvalue weighted by atomic mass is 9.93. The maximum absolute atomic E-state index is 12.2. The summed E-state index contributed by atoms with van der Waals surface area (Å²) in [6.45, 7) is 4.70. The molecule has 28 heavy (non-hydrogen) atoms. The van der Waals surface area contributed by atoms with Crippen molar-refractivity contribution in [3.63, 3.8) is 0 Å². The van der Waals surface area contributed by atoms with E-state index in [2.05, 4.69) is 23.8 Å². The first-order valence-electron chi connectivity index (χ1n) is 9.64. The lowest BCUT2D eigenvalue weighted by Crippen LogP contribution is -2.27. The maximum Gasteiger partial charge on any atom is 0.326 e. The number of hydrogen-bond donors (Lipinski definition) is 2. The van der Waals surface area contributed by atoms with Crippen molar-refractivity contribution in [2.24, 2.45) is 5.92 Å². The largest absolute Gasteiger partial charge is 0.370 e. The molecule has 2 N–H and O–H groups in total. The van der Waals surface area contributed by atoms with E-state index in [1.54, 1.807) is 6.07 Å². The number of nitrogens with one attached hydrogen (secondary N) is 2. The van der Waals surface area contributed by atoms with Gasteiger partial charge in [-0.05, 0) is 18.1 Å². The first-order valence-corrected chi connectivity index (χ1v) is 9.64. The van der Waals surface area contributed by atoms with Crippen LogP contribution in [0.1, 0.15) is 37.5 Å².